The highest BCUT2D eigenvalue weighted by molar-refractivity contribution is 7.81. The molecule has 0 aliphatic rings. The van der Waals surface area contributed by atoms with E-state index in [9.17, 15) is 9.59 Å². The first-order valence-electron chi connectivity index (χ1n) is 5.68. The van der Waals surface area contributed by atoms with Crippen molar-refractivity contribution in [3.05, 3.63) is 35.9 Å². The van der Waals surface area contributed by atoms with Crippen molar-refractivity contribution in [3.63, 3.8) is 0 Å². The molecule has 1 rings (SSSR count). The lowest BCUT2D eigenvalue weighted by Gasteiger charge is -2.22. The van der Waals surface area contributed by atoms with E-state index in [0.29, 0.717) is 0 Å². The van der Waals surface area contributed by atoms with Gasteiger partial charge >= 0.3 is 6.03 Å². The molecule has 0 aliphatic heterocycles. The largest absolute Gasteiger partial charge is 0.331 e. The van der Waals surface area contributed by atoms with Gasteiger partial charge in [0, 0.05) is 14.1 Å². The normalized spacial score (nSPS) is 13.6. The lowest BCUT2D eigenvalue weighted by Crippen LogP contribution is -2.41. The summed E-state index contributed by atoms with van der Waals surface area (Å²) in [4.78, 5) is 25.2. The van der Waals surface area contributed by atoms with Gasteiger partial charge in [-0.1, -0.05) is 30.3 Å². The second-order valence-electron chi connectivity index (χ2n) is 4.27. The summed E-state index contributed by atoms with van der Waals surface area (Å²) < 4.78 is 0. The van der Waals surface area contributed by atoms with Gasteiger partial charge in [0.2, 0.25) is 0 Å². The lowest BCUT2D eigenvalue weighted by atomic mass is 10.0. The highest BCUT2D eigenvalue weighted by atomic mass is 32.1. The molecule has 98 valence electrons. The molecule has 0 saturated carbocycles. The molecule has 1 N–H and O–H groups in total. The number of amides is 2. The van der Waals surface area contributed by atoms with Gasteiger partial charge in [0.1, 0.15) is 6.04 Å². The van der Waals surface area contributed by atoms with Gasteiger partial charge in [-0.2, -0.15) is 12.6 Å². The standard InChI is InChI=1S/C13H18N2O2S/c1-9(18)12(16)11(14-13(17)15(2)3)10-7-5-4-6-8-10/h4-9,11,18H,1-3H3,(H,14,17)/t9?,11-/m1/s1. The predicted octanol–water partition coefficient (Wildman–Crippen LogP) is 1.89. The van der Waals surface area contributed by atoms with Crippen molar-refractivity contribution in [2.45, 2.75) is 18.2 Å². The highest BCUT2D eigenvalue weighted by Crippen LogP contribution is 2.17. The SMILES string of the molecule is CC(S)C(=O)[C@H](NC(=O)N(C)C)c1ccccc1. The highest BCUT2D eigenvalue weighted by Gasteiger charge is 2.25. The number of nitrogens with one attached hydrogen (secondary N) is 1. The number of benzene rings is 1. The van der Waals surface area contributed by atoms with Crippen LogP contribution < -0.4 is 5.32 Å². The quantitative estimate of drug-likeness (QED) is 0.818. The first-order valence-corrected chi connectivity index (χ1v) is 6.19. The van der Waals surface area contributed by atoms with Crippen molar-refractivity contribution < 1.29 is 9.59 Å². The summed E-state index contributed by atoms with van der Waals surface area (Å²) in [5.41, 5.74) is 0.763. The monoisotopic (exact) mass is 266 g/mol. The summed E-state index contributed by atoms with van der Waals surface area (Å²) in [5, 5.41) is 2.27. The van der Waals surface area contributed by atoms with Crippen molar-refractivity contribution in [2.75, 3.05) is 14.1 Å². The number of hydrogen-bond donors (Lipinski definition) is 2. The number of nitrogens with zero attached hydrogens (tertiary/aromatic N) is 1. The first kappa shape index (κ1) is 14.6. The van der Waals surface area contributed by atoms with Crippen molar-refractivity contribution in [3.8, 4) is 0 Å². The summed E-state index contributed by atoms with van der Waals surface area (Å²) >= 11 is 4.14. The second kappa shape index (κ2) is 6.44. The molecule has 0 saturated heterocycles. The molecule has 0 radical (unpaired) electrons. The van der Waals surface area contributed by atoms with Crippen molar-refractivity contribution >= 4 is 24.4 Å². The average molecular weight is 266 g/mol. The van der Waals surface area contributed by atoms with Crippen molar-refractivity contribution in [1.82, 2.24) is 10.2 Å². The minimum atomic E-state index is -0.659. The zero-order chi connectivity index (χ0) is 13.7. The molecule has 1 aromatic rings. The van der Waals surface area contributed by atoms with Crippen LogP contribution in [0.15, 0.2) is 30.3 Å². The number of thiol groups is 1. The zero-order valence-electron chi connectivity index (χ0n) is 10.8. The summed E-state index contributed by atoms with van der Waals surface area (Å²) in [6.45, 7) is 1.70. The maximum atomic E-state index is 12.1. The fourth-order valence-electron chi connectivity index (χ4n) is 1.46. The van der Waals surface area contributed by atoms with Gasteiger partial charge in [0.25, 0.3) is 0 Å². The van der Waals surface area contributed by atoms with Crippen LogP contribution in [0.3, 0.4) is 0 Å². The van der Waals surface area contributed by atoms with Crippen molar-refractivity contribution in [1.29, 1.82) is 0 Å². The lowest BCUT2D eigenvalue weighted by molar-refractivity contribution is -0.120. The molecule has 0 fully saturated rings. The van der Waals surface area contributed by atoms with E-state index in [0.717, 1.165) is 5.56 Å². The molecule has 1 aromatic carbocycles. The van der Waals surface area contributed by atoms with Gasteiger partial charge < -0.3 is 10.2 Å². The smallest absolute Gasteiger partial charge is 0.317 e. The third kappa shape index (κ3) is 3.77. The second-order valence-corrected chi connectivity index (χ2v) is 5.04. The van der Waals surface area contributed by atoms with E-state index in [4.69, 9.17) is 0 Å². The third-order valence-electron chi connectivity index (χ3n) is 2.50. The molecular formula is C13H18N2O2S. The van der Waals surface area contributed by atoms with E-state index in [1.165, 1.54) is 4.90 Å². The molecule has 18 heavy (non-hydrogen) atoms. The maximum absolute atomic E-state index is 12.1. The first-order chi connectivity index (χ1) is 8.43. The number of hydrogen-bond acceptors (Lipinski definition) is 3. The van der Waals surface area contributed by atoms with Gasteiger partial charge in [-0.25, -0.2) is 4.79 Å². The number of rotatable bonds is 4. The summed E-state index contributed by atoms with van der Waals surface area (Å²) in [6, 6.07) is 8.20. The Bertz CT molecular complexity index is 418. The maximum Gasteiger partial charge on any atom is 0.317 e. The van der Waals surface area contributed by atoms with E-state index in [1.807, 2.05) is 30.3 Å². The minimum absolute atomic E-state index is 0.125. The molecule has 5 heteroatoms. The Morgan fingerprint density at radius 1 is 1.22 bits per heavy atom. The Morgan fingerprint density at radius 2 is 1.78 bits per heavy atom. The molecule has 0 aromatic heterocycles. The van der Waals surface area contributed by atoms with Crippen LogP contribution in [0.5, 0.6) is 0 Å². The Hall–Kier alpha value is -1.49. The molecule has 1 unspecified atom stereocenters. The van der Waals surface area contributed by atoms with Crippen LogP contribution >= 0.6 is 12.6 Å². The molecule has 2 atom stereocenters. The van der Waals surface area contributed by atoms with Crippen LogP contribution in [-0.2, 0) is 4.79 Å². The topological polar surface area (TPSA) is 49.4 Å². The number of carbonyl (C=O) groups excluding carboxylic acids is 2. The fraction of sp³-hybridized carbons (Fsp3) is 0.385. The molecule has 4 nitrogen and oxygen atoms in total. The number of carbonyl (C=O) groups is 2. The number of Topliss-reactive ketones (excluding diaryl/α,β-unsaturated/α-hetero) is 1. The van der Waals surface area contributed by atoms with Crippen LogP contribution in [0.25, 0.3) is 0 Å². The summed E-state index contributed by atoms with van der Waals surface area (Å²) in [7, 11) is 3.26. The molecule has 0 aliphatic carbocycles. The Balaban J connectivity index is 2.96. The van der Waals surface area contributed by atoms with E-state index < -0.39 is 11.3 Å². The third-order valence-corrected chi connectivity index (χ3v) is 2.76. The summed E-state index contributed by atoms with van der Waals surface area (Å²) in [5.74, 6) is -0.125. The molecular weight excluding hydrogens is 248 g/mol. The summed E-state index contributed by atoms with van der Waals surface area (Å²) in [6.07, 6.45) is 0. The molecule has 0 bridgehead atoms. The Kier molecular flexibility index (Phi) is 5.22. The van der Waals surface area contributed by atoms with E-state index in [2.05, 4.69) is 17.9 Å². The van der Waals surface area contributed by atoms with Gasteiger partial charge in [-0.15, -0.1) is 0 Å². The van der Waals surface area contributed by atoms with Crippen LogP contribution in [0.4, 0.5) is 4.79 Å². The molecule has 2 amide bonds. The fourth-order valence-corrected chi connectivity index (χ4v) is 1.61. The van der Waals surface area contributed by atoms with Gasteiger partial charge in [-0.05, 0) is 12.5 Å². The molecule has 0 spiro atoms. The van der Waals surface area contributed by atoms with E-state index >= 15 is 0 Å². The van der Waals surface area contributed by atoms with Gasteiger partial charge in [0.05, 0.1) is 5.25 Å². The van der Waals surface area contributed by atoms with Crippen molar-refractivity contribution in [2.24, 2.45) is 0 Å². The van der Waals surface area contributed by atoms with E-state index in [-0.39, 0.29) is 11.8 Å². The van der Waals surface area contributed by atoms with E-state index in [1.54, 1.807) is 21.0 Å². The Morgan fingerprint density at radius 3 is 2.22 bits per heavy atom. The van der Waals surface area contributed by atoms with Crippen LogP contribution in [-0.4, -0.2) is 36.1 Å². The van der Waals surface area contributed by atoms with Gasteiger partial charge in [-0.3, -0.25) is 4.79 Å². The minimum Gasteiger partial charge on any atom is -0.331 e. The Labute approximate surface area is 113 Å². The molecule has 0 heterocycles. The number of urea groups is 1. The van der Waals surface area contributed by atoms with Crippen LogP contribution in [0.1, 0.15) is 18.5 Å². The van der Waals surface area contributed by atoms with Crippen LogP contribution in [0.2, 0.25) is 0 Å². The average Bonchev–Trinajstić information content (AvgIpc) is 2.35. The predicted molar refractivity (Wildman–Crippen MR) is 74.9 cm³/mol. The van der Waals surface area contributed by atoms with Gasteiger partial charge in [0.15, 0.2) is 5.78 Å². The number of ketones is 1. The zero-order valence-corrected chi connectivity index (χ0v) is 11.6. The van der Waals surface area contributed by atoms with Crippen LogP contribution in [0, 0.1) is 0 Å².